The summed E-state index contributed by atoms with van der Waals surface area (Å²) >= 11 is 3.41. The van der Waals surface area contributed by atoms with Gasteiger partial charge in [0, 0.05) is 42.0 Å². The Labute approximate surface area is 164 Å². The van der Waals surface area contributed by atoms with E-state index in [1.807, 2.05) is 36.2 Å². The molecule has 1 aliphatic carbocycles. The highest BCUT2D eigenvalue weighted by Gasteiger charge is 2.47. The van der Waals surface area contributed by atoms with Gasteiger partial charge < -0.3 is 19.3 Å². The van der Waals surface area contributed by atoms with Gasteiger partial charge in [0.2, 0.25) is 0 Å². The third kappa shape index (κ3) is 4.37. The number of likely N-dealkylation sites (N-methyl/N-ethyl adjacent to an activating group) is 2. The van der Waals surface area contributed by atoms with Crippen LogP contribution in [0.4, 0.5) is 0 Å². The van der Waals surface area contributed by atoms with Gasteiger partial charge >= 0.3 is 0 Å². The molecule has 1 amide bonds. The van der Waals surface area contributed by atoms with Crippen LogP contribution in [0.3, 0.4) is 0 Å². The van der Waals surface area contributed by atoms with Crippen molar-refractivity contribution < 1.29 is 14.3 Å². The zero-order valence-electron chi connectivity index (χ0n) is 14.9. The maximum atomic E-state index is 12.9. The molecule has 7 heteroatoms. The fraction of sp³-hybridized carbons (Fsp3) is 0.611. The second kappa shape index (κ2) is 8.35. The Morgan fingerprint density at radius 1 is 1.12 bits per heavy atom. The van der Waals surface area contributed by atoms with Crippen molar-refractivity contribution in [3.05, 3.63) is 34.3 Å². The van der Waals surface area contributed by atoms with Crippen LogP contribution in [0.15, 0.2) is 28.7 Å². The van der Waals surface area contributed by atoms with E-state index in [0.29, 0.717) is 18.8 Å². The summed E-state index contributed by atoms with van der Waals surface area (Å²) in [5.41, 5.74) is 0.715. The number of rotatable bonds is 3. The van der Waals surface area contributed by atoms with E-state index in [9.17, 15) is 4.79 Å². The van der Waals surface area contributed by atoms with Crippen molar-refractivity contribution in [2.75, 3.05) is 34.4 Å². The molecule has 1 spiro atoms. The highest BCUT2D eigenvalue weighted by Crippen LogP contribution is 2.39. The average molecular weight is 434 g/mol. The number of nitrogens with zero attached hydrogens (tertiary/aromatic N) is 2. The SMILES string of the molecule is CN(C)[C@@H]1CC2(CC[C@H]1N(C)C(=O)c1ccc(Br)cc1)OCCO2.Cl. The van der Waals surface area contributed by atoms with Crippen molar-refractivity contribution in [1.29, 1.82) is 0 Å². The first-order valence-electron chi connectivity index (χ1n) is 8.39. The van der Waals surface area contributed by atoms with Crippen LogP contribution in [-0.4, -0.2) is 67.9 Å². The summed E-state index contributed by atoms with van der Waals surface area (Å²) in [6, 6.07) is 7.89. The summed E-state index contributed by atoms with van der Waals surface area (Å²) in [5, 5.41) is 0. The molecule has 0 radical (unpaired) electrons. The zero-order chi connectivity index (χ0) is 17.3. The molecule has 3 rings (SSSR count). The number of ether oxygens (including phenoxy) is 2. The third-order valence-electron chi connectivity index (χ3n) is 5.17. The van der Waals surface area contributed by atoms with Gasteiger partial charge in [0.25, 0.3) is 5.91 Å². The first kappa shape index (κ1) is 20.6. The molecule has 2 atom stereocenters. The van der Waals surface area contributed by atoms with E-state index in [0.717, 1.165) is 23.7 Å². The van der Waals surface area contributed by atoms with Crippen LogP contribution in [0.5, 0.6) is 0 Å². The van der Waals surface area contributed by atoms with E-state index in [1.54, 1.807) is 0 Å². The van der Waals surface area contributed by atoms with Crippen LogP contribution in [0, 0.1) is 0 Å². The first-order valence-corrected chi connectivity index (χ1v) is 9.18. The molecule has 1 aromatic carbocycles. The van der Waals surface area contributed by atoms with Crippen molar-refractivity contribution >= 4 is 34.2 Å². The summed E-state index contributed by atoms with van der Waals surface area (Å²) in [5.74, 6) is -0.393. The lowest BCUT2D eigenvalue weighted by Crippen LogP contribution is -2.57. The average Bonchev–Trinajstić information content (AvgIpc) is 3.02. The van der Waals surface area contributed by atoms with Crippen LogP contribution in [0.1, 0.15) is 29.6 Å². The second-order valence-electron chi connectivity index (χ2n) is 6.87. The Kier molecular flexibility index (Phi) is 6.90. The maximum Gasteiger partial charge on any atom is 0.253 e. The molecular weight excluding hydrogens is 408 g/mol. The van der Waals surface area contributed by atoms with E-state index in [4.69, 9.17) is 9.47 Å². The monoisotopic (exact) mass is 432 g/mol. The fourth-order valence-corrected chi connectivity index (χ4v) is 4.07. The normalized spacial score (nSPS) is 25.0. The van der Waals surface area contributed by atoms with Gasteiger partial charge in [0.15, 0.2) is 5.79 Å². The molecular formula is C18H26BrClN2O3. The van der Waals surface area contributed by atoms with Crippen LogP contribution in [-0.2, 0) is 9.47 Å². The van der Waals surface area contributed by atoms with Crippen LogP contribution >= 0.6 is 28.3 Å². The lowest BCUT2D eigenvalue weighted by Gasteiger charge is -2.46. The minimum absolute atomic E-state index is 0. The molecule has 25 heavy (non-hydrogen) atoms. The second-order valence-corrected chi connectivity index (χ2v) is 7.79. The molecule has 1 saturated heterocycles. The maximum absolute atomic E-state index is 12.9. The minimum atomic E-state index is -0.451. The highest BCUT2D eigenvalue weighted by molar-refractivity contribution is 9.10. The van der Waals surface area contributed by atoms with Crippen LogP contribution in [0.25, 0.3) is 0 Å². The number of amides is 1. The minimum Gasteiger partial charge on any atom is -0.347 e. The van der Waals surface area contributed by atoms with Crippen LogP contribution in [0.2, 0.25) is 0 Å². The Bertz CT molecular complexity index is 590. The van der Waals surface area contributed by atoms with Gasteiger partial charge in [-0.3, -0.25) is 4.79 Å². The molecule has 2 aliphatic rings. The molecule has 0 bridgehead atoms. The molecule has 0 N–H and O–H groups in total. The molecule has 0 unspecified atom stereocenters. The summed E-state index contributed by atoms with van der Waals surface area (Å²) in [4.78, 5) is 16.9. The smallest absolute Gasteiger partial charge is 0.253 e. The number of carbonyl (C=O) groups is 1. The van der Waals surface area contributed by atoms with Crippen molar-refractivity contribution in [1.82, 2.24) is 9.80 Å². The van der Waals surface area contributed by atoms with Crippen molar-refractivity contribution in [2.24, 2.45) is 0 Å². The Hall–Kier alpha value is -0.660. The van der Waals surface area contributed by atoms with Crippen molar-refractivity contribution in [3.8, 4) is 0 Å². The fourth-order valence-electron chi connectivity index (χ4n) is 3.80. The quantitative estimate of drug-likeness (QED) is 0.734. The number of hydrogen-bond acceptors (Lipinski definition) is 4. The number of benzene rings is 1. The number of carbonyl (C=O) groups excluding carboxylic acids is 1. The predicted octanol–water partition coefficient (Wildman–Crippen LogP) is 3.17. The lowest BCUT2D eigenvalue weighted by atomic mass is 9.84. The molecule has 1 saturated carbocycles. The van der Waals surface area contributed by atoms with Crippen molar-refractivity contribution in [2.45, 2.75) is 37.1 Å². The van der Waals surface area contributed by atoms with Crippen molar-refractivity contribution in [3.63, 3.8) is 0 Å². The van der Waals surface area contributed by atoms with E-state index in [-0.39, 0.29) is 30.4 Å². The molecule has 5 nitrogen and oxygen atoms in total. The Morgan fingerprint density at radius 3 is 2.28 bits per heavy atom. The van der Waals surface area contributed by atoms with Gasteiger partial charge in [-0.15, -0.1) is 12.4 Å². The summed E-state index contributed by atoms with van der Waals surface area (Å²) in [7, 11) is 6.02. The number of hydrogen-bond donors (Lipinski definition) is 0. The summed E-state index contributed by atoms with van der Waals surface area (Å²) < 4.78 is 12.8. The lowest BCUT2D eigenvalue weighted by molar-refractivity contribution is -0.195. The van der Waals surface area contributed by atoms with Crippen LogP contribution < -0.4 is 0 Å². The van der Waals surface area contributed by atoms with Gasteiger partial charge in [-0.05, 0) is 44.8 Å². The van der Waals surface area contributed by atoms with E-state index in [1.165, 1.54) is 0 Å². The van der Waals surface area contributed by atoms with Gasteiger partial charge in [0.1, 0.15) is 0 Å². The Balaban J connectivity index is 0.00000225. The van der Waals surface area contributed by atoms with Gasteiger partial charge in [-0.1, -0.05) is 15.9 Å². The molecule has 2 fully saturated rings. The van der Waals surface area contributed by atoms with Gasteiger partial charge in [-0.25, -0.2) is 0 Å². The summed E-state index contributed by atoms with van der Waals surface area (Å²) in [6.45, 7) is 1.33. The highest BCUT2D eigenvalue weighted by atomic mass is 79.9. The topological polar surface area (TPSA) is 42.0 Å². The number of halogens is 2. The molecule has 1 aromatic rings. The largest absolute Gasteiger partial charge is 0.347 e. The van der Waals surface area contributed by atoms with E-state index in [2.05, 4.69) is 34.9 Å². The third-order valence-corrected chi connectivity index (χ3v) is 5.70. The zero-order valence-corrected chi connectivity index (χ0v) is 17.3. The molecule has 1 aliphatic heterocycles. The Morgan fingerprint density at radius 2 is 1.72 bits per heavy atom. The summed E-state index contributed by atoms with van der Waals surface area (Å²) in [6.07, 6.45) is 2.50. The first-order chi connectivity index (χ1) is 11.4. The predicted molar refractivity (Wildman–Crippen MR) is 103 cm³/mol. The van der Waals surface area contributed by atoms with Gasteiger partial charge in [0.05, 0.1) is 13.2 Å². The van der Waals surface area contributed by atoms with Gasteiger partial charge in [-0.2, -0.15) is 0 Å². The molecule has 1 heterocycles. The standard InChI is InChI=1S/C18H25BrN2O3.ClH/c1-20(2)16-12-18(23-10-11-24-18)9-8-15(16)21(3)17(22)13-4-6-14(19)7-5-13;/h4-7,15-16H,8-12H2,1-3H3;1H/t15-,16-;/m1./s1. The molecule has 140 valence electrons. The van der Waals surface area contributed by atoms with E-state index < -0.39 is 5.79 Å². The molecule has 0 aromatic heterocycles. The van der Waals surface area contributed by atoms with E-state index >= 15 is 0 Å².